The summed E-state index contributed by atoms with van der Waals surface area (Å²) in [4.78, 5) is 27.1. The molecule has 0 spiro atoms. The fourth-order valence-corrected chi connectivity index (χ4v) is 4.53. The van der Waals surface area contributed by atoms with Crippen molar-refractivity contribution in [2.24, 2.45) is 0 Å². The largest absolute Gasteiger partial charge is 0.357 e. The number of hydrogen-bond acceptors (Lipinski definition) is 4. The molecule has 0 saturated carbocycles. The highest BCUT2D eigenvalue weighted by atomic mass is 35.5. The zero-order valence-corrected chi connectivity index (χ0v) is 20.1. The zero-order valence-electron chi connectivity index (χ0n) is 17.8. The predicted octanol–water partition coefficient (Wildman–Crippen LogP) is 3.45. The molecule has 0 bridgehead atoms. The van der Waals surface area contributed by atoms with Crippen LogP contribution in [-0.2, 0) is 26.2 Å². The lowest BCUT2D eigenvalue weighted by molar-refractivity contribution is -0.140. The highest BCUT2D eigenvalue weighted by Gasteiger charge is 2.32. The first kappa shape index (κ1) is 25.9. The van der Waals surface area contributed by atoms with Gasteiger partial charge in [0.1, 0.15) is 18.4 Å². The van der Waals surface area contributed by atoms with Gasteiger partial charge in [0.25, 0.3) is 0 Å². The molecular formula is C21H24Cl2FN3O4S. The van der Waals surface area contributed by atoms with Crippen LogP contribution in [0.1, 0.15) is 18.9 Å². The van der Waals surface area contributed by atoms with Crippen LogP contribution >= 0.6 is 23.2 Å². The standard InChI is InChI=1S/C21H24Cl2FN3O4S/c1-4-19(21(29)25-2)26(12-16-17(22)6-5-7-18(16)23)20(28)13-27(32(3,30)31)15-10-8-14(24)9-11-15/h5-11,19H,4,12-13H2,1-3H3,(H,25,29)/t19-/m1/s1. The van der Waals surface area contributed by atoms with E-state index < -0.39 is 40.2 Å². The van der Waals surface area contributed by atoms with Gasteiger partial charge in [-0.15, -0.1) is 0 Å². The number of nitrogens with zero attached hydrogens (tertiary/aromatic N) is 2. The molecule has 0 radical (unpaired) electrons. The van der Waals surface area contributed by atoms with Gasteiger partial charge in [-0.2, -0.15) is 0 Å². The molecule has 7 nitrogen and oxygen atoms in total. The van der Waals surface area contributed by atoms with Gasteiger partial charge in [0.05, 0.1) is 11.9 Å². The van der Waals surface area contributed by atoms with Crippen LogP contribution in [0.25, 0.3) is 0 Å². The Balaban J connectivity index is 2.47. The third-order valence-corrected chi connectivity index (χ3v) is 6.67. The van der Waals surface area contributed by atoms with Crippen molar-refractivity contribution >= 4 is 50.7 Å². The Morgan fingerprint density at radius 2 is 1.66 bits per heavy atom. The molecule has 0 aliphatic rings. The van der Waals surface area contributed by atoms with Crippen molar-refractivity contribution in [2.75, 3.05) is 24.2 Å². The van der Waals surface area contributed by atoms with E-state index in [-0.39, 0.29) is 18.7 Å². The summed E-state index contributed by atoms with van der Waals surface area (Å²) < 4.78 is 39.0. The first-order valence-corrected chi connectivity index (χ1v) is 12.3. The summed E-state index contributed by atoms with van der Waals surface area (Å²) in [6.45, 7) is 1.02. The van der Waals surface area contributed by atoms with E-state index in [2.05, 4.69) is 5.32 Å². The van der Waals surface area contributed by atoms with Gasteiger partial charge in [-0.25, -0.2) is 12.8 Å². The van der Waals surface area contributed by atoms with Crippen molar-refractivity contribution in [2.45, 2.75) is 25.9 Å². The Morgan fingerprint density at radius 1 is 1.09 bits per heavy atom. The Hall–Kier alpha value is -2.36. The molecule has 0 aromatic heterocycles. The van der Waals surface area contributed by atoms with Gasteiger partial charge >= 0.3 is 0 Å². The fraction of sp³-hybridized carbons (Fsp3) is 0.333. The quantitative estimate of drug-likeness (QED) is 0.567. The molecule has 0 saturated heterocycles. The summed E-state index contributed by atoms with van der Waals surface area (Å²) >= 11 is 12.5. The molecule has 11 heteroatoms. The van der Waals surface area contributed by atoms with E-state index in [0.717, 1.165) is 22.7 Å². The molecule has 0 unspecified atom stereocenters. The Morgan fingerprint density at radius 3 is 2.12 bits per heavy atom. The number of halogens is 3. The first-order chi connectivity index (χ1) is 15.0. The van der Waals surface area contributed by atoms with Crippen molar-refractivity contribution in [3.05, 3.63) is 63.9 Å². The SMILES string of the molecule is CC[C@H](C(=O)NC)N(Cc1c(Cl)cccc1Cl)C(=O)CN(c1ccc(F)cc1)S(C)(=O)=O. The predicted molar refractivity (Wildman–Crippen MR) is 124 cm³/mol. The van der Waals surface area contributed by atoms with Crippen molar-refractivity contribution in [3.8, 4) is 0 Å². The maximum absolute atomic E-state index is 13.4. The number of rotatable bonds is 9. The minimum Gasteiger partial charge on any atom is -0.357 e. The van der Waals surface area contributed by atoms with Crippen LogP contribution in [0.2, 0.25) is 10.0 Å². The minimum absolute atomic E-state index is 0.107. The average molecular weight is 504 g/mol. The van der Waals surface area contributed by atoms with E-state index in [1.807, 2.05) is 0 Å². The van der Waals surface area contributed by atoms with Gasteiger partial charge in [-0.05, 0) is 42.8 Å². The molecule has 174 valence electrons. The van der Waals surface area contributed by atoms with E-state index in [0.29, 0.717) is 15.6 Å². The smallest absolute Gasteiger partial charge is 0.244 e. The lowest BCUT2D eigenvalue weighted by Crippen LogP contribution is -2.51. The number of sulfonamides is 1. The number of carbonyl (C=O) groups is 2. The third-order valence-electron chi connectivity index (χ3n) is 4.82. The topological polar surface area (TPSA) is 86.8 Å². The van der Waals surface area contributed by atoms with Crippen LogP contribution in [0.5, 0.6) is 0 Å². The minimum atomic E-state index is -3.90. The molecular weight excluding hydrogens is 480 g/mol. The molecule has 2 aromatic carbocycles. The van der Waals surface area contributed by atoms with Crippen LogP contribution in [0, 0.1) is 5.82 Å². The van der Waals surface area contributed by atoms with Crippen molar-refractivity contribution in [3.63, 3.8) is 0 Å². The second-order valence-electron chi connectivity index (χ2n) is 7.01. The maximum atomic E-state index is 13.4. The molecule has 2 aromatic rings. The van der Waals surface area contributed by atoms with Crippen LogP contribution in [0.4, 0.5) is 10.1 Å². The third kappa shape index (κ3) is 6.34. The van der Waals surface area contributed by atoms with Crippen LogP contribution < -0.4 is 9.62 Å². The Labute approximate surface area is 197 Å². The van der Waals surface area contributed by atoms with Gasteiger partial charge in [0.15, 0.2) is 0 Å². The lowest BCUT2D eigenvalue weighted by atomic mass is 10.1. The second-order valence-corrected chi connectivity index (χ2v) is 9.73. The van der Waals surface area contributed by atoms with E-state index in [1.54, 1.807) is 25.1 Å². The van der Waals surface area contributed by atoms with Gasteiger partial charge in [-0.1, -0.05) is 36.2 Å². The Bertz CT molecular complexity index is 1060. The molecule has 0 fully saturated rings. The van der Waals surface area contributed by atoms with E-state index in [1.165, 1.54) is 24.1 Å². The summed E-state index contributed by atoms with van der Waals surface area (Å²) in [7, 11) is -2.45. The van der Waals surface area contributed by atoms with Gasteiger partial charge in [0, 0.05) is 29.2 Å². The number of carbonyl (C=O) groups excluding carboxylic acids is 2. The van der Waals surface area contributed by atoms with E-state index in [4.69, 9.17) is 23.2 Å². The summed E-state index contributed by atoms with van der Waals surface area (Å²) in [5, 5.41) is 3.13. The number of nitrogens with one attached hydrogen (secondary N) is 1. The van der Waals surface area contributed by atoms with E-state index in [9.17, 15) is 22.4 Å². The van der Waals surface area contributed by atoms with Crippen molar-refractivity contribution in [1.29, 1.82) is 0 Å². The van der Waals surface area contributed by atoms with Gasteiger partial charge in [0.2, 0.25) is 21.8 Å². The van der Waals surface area contributed by atoms with Crippen LogP contribution in [0.15, 0.2) is 42.5 Å². The molecule has 2 rings (SSSR count). The van der Waals surface area contributed by atoms with Crippen LogP contribution in [-0.4, -0.2) is 51.0 Å². The number of benzene rings is 2. The normalized spacial score (nSPS) is 12.2. The number of anilines is 1. The number of hydrogen-bond donors (Lipinski definition) is 1. The summed E-state index contributed by atoms with van der Waals surface area (Å²) in [6, 6.07) is 8.67. The highest BCUT2D eigenvalue weighted by molar-refractivity contribution is 7.92. The molecule has 0 aliphatic heterocycles. The Kier molecular flexibility index (Phi) is 8.89. The van der Waals surface area contributed by atoms with Crippen molar-refractivity contribution < 1.29 is 22.4 Å². The fourth-order valence-electron chi connectivity index (χ4n) is 3.16. The average Bonchev–Trinajstić information content (AvgIpc) is 2.73. The molecule has 32 heavy (non-hydrogen) atoms. The lowest BCUT2D eigenvalue weighted by Gasteiger charge is -2.33. The zero-order chi connectivity index (χ0) is 24.1. The maximum Gasteiger partial charge on any atom is 0.244 e. The highest BCUT2D eigenvalue weighted by Crippen LogP contribution is 2.27. The summed E-state index contributed by atoms with van der Waals surface area (Å²) in [6.07, 6.45) is 1.21. The molecule has 0 aliphatic carbocycles. The monoisotopic (exact) mass is 503 g/mol. The summed E-state index contributed by atoms with van der Waals surface area (Å²) in [5.74, 6) is -1.61. The molecule has 1 atom stereocenters. The first-order valence-electron chi connectivity index (χ1n) is 9.66. The van der Waals surface area contributed by atoms with E-state index >= 15 is 0 Å². The van der Waals surface area contributed by atoms with Crippen molar-refractivity contribution in [1.82, 2.24) is 10.2 Å². The number of likely N-dealkylation sites (N-methyl/N-ethyl adjacent to an activating group) is 1. The van der Waals surface area contributed by atoms with Gasteiger partial charge in [-0.3, -0.25) is 13.9 Å². The number of amides is 2. The van der Waals surface area contributed by atoms with Crippen LogP contribution in [0.3, 0.4) is 0 Å². The van der Waals surface area contributed by atoms with Gasteiger partial charge < -0.3 is 10.2 Å². The molecule has 2 amide bonds. The second kappa shape index (κ2) is 11.0. The molecule has 0 heterocycles. The molecule has 1 N–H and O–H groups in total. The summed E-state index contributed by atoms with van der Waals surface area (Å²) in [5.41, 5.74) is 0.546.